The fraction of sp³-hybridized carbons (Fsp3) is 0.222. The van der Waals surface area contributed by atoms with Crippen molar-refractivity contribution in [3.63, 3.8) is 0 Å². The number of fused-ring (bicyclic) bond motifs is 3. The fourth-order valence-corrected chi connectivity index (χ4v) is 3.41. The molecule has 3 rings (SSSR count). The Morgan fingerprint density at radius 1 is 0.968 bits per heavy atom. The normalized spacial score (nSPS) is 12.9. The van der Waals surface area contributed by atoms with Crippen molar-refractivity contribution >= 4 is 28.7 Å². The molecule has 0 radical (unpaired) electrons. The van der Waals surface area contributed by atoms with Gasteiger partial charge >= 0.3 is 0 Å². The smallest absolute Gasteiger partial charge is 0.284 e. The summed E-state index contributed by atoms with van der Waals surface area (Å²) in [6.07, 6.45) is 1.40. The summed E-state index contributed by atoms with van der Waals surface area (Å²) in [6.45, 7) is 2.16. The van der Waals surface area contributed by atoms with E-state index in [0.717, 1.165) is 30.7 Å². The minimum absolute atomic E-state index is 0.0657. The van der Waals surface area contributed by atoms with Crippen LogP contribution in [0.2, 0.25) is 0 Å². The molecular formula is C18H15N5O8. The number of nitrogens with zero attached hydrogens (tertiary/aromatic N) is 4. The van der Waals surface area contributed by atoms with Crippen LogP contribution in [-0.2, 0) is 0 Å². The second-order valence-corrected chi connectivity index (χ2v) is 6.63. The minimum atomic E-state index is -0.865. The van der Waals surface area contributed by atoms with Gasteiger partial charge in [0.15, 0.2) is 0 Å². The Bertz CT molecular complexity index is 1170. The highest BCUT2D eigenvalue weighted by molar-refractivity contribution is 6.28. The van der Waals surface area contributed by atoms with E-state index in [-0.39, 0.29) is 40.1 Å². The molecule has 2 N–H and O–H groups in total. The lowest BCUT2D eigenvalue weighted by Crippen LogP contribution is -2.25. The second kappa shape index (κ2) is 8.14. The predicted octanol–water partition coefficient (Wildman–Crippen LogP) is 3.15. The Hall–Kier alpha value is -4.42. The fourth-order valence-electron chi connectivity index (χ4n) is 3.41. The summed E-state index contributed by atoms with van der Waals surface area (Å²) in [5.74, 6) is -0.716. The van der Waals surface area contributed by atoms with Crippen LogP contribution in [0.1, 0.15) is 41.3 Å². The molecular weight excluding hydrogens is 414 g/mol. The Morgan fingerprint density at radius 2 is 1.55 bits per heavy atom. The molecule has 0 saturated heterocycles. The lowest BCUT2D eigenvalue weighted by molar-refractivity contribution is -0.393. The molecule has 13 heteroatoms. The third-order valence-electron chi connectivity index (χ3n) is 4.76. The number of nitrogens with one attached hydrogen (secondary N) is 1. The third kappa shape index (κ3) is 3.63. The number of unbranched alkanes of at least 4 members (excludes halogenated alkanes) is 1. The van der Waals surface area contributed by atoms with Crippen LogP contribution in [-0.4, -0.2) is 38.1 Å². The largest absolute Gasteiger partial charge is 0.410 e. The lowest BCUT2D eigenvalue weighted by Gasteiger charge is -2.10. The van der Waals surface area contributed by atoms with E-state index < -0.39 is 37.7 Å². The summed E-state index contributed by atoms with van der Waals surface area (Å²) in [7, 11) is 0. The molecule has 31 heavy (non-hydrogen) atoms. The zero-order chi connectivity index (χ0) is 22.9. The number of rotatable bonds is 7. The third-order valence-corrected chi connectivity index (χ3v) is 4.76. The van der Waals surface area contributed by atoms with Gasteiger partial charge in [-0.2, -0.15) is 0 Å². The summed E-state index contributed by atoms with van der Waals surface area (Å²) in [5, 5.41) is 49.5. The van der Waals surface area contributed by atoms with Gasteiger partial charge in [-0.3, -0.25) is 35.1 Å². The van der Waals surface area contributed by atoms with Crippen molar-refractivity contribution in [3.05, 3.63) is 71.3 Å². The van der Waals surface area contributed by atoms with Crippen molar-refractivity contribution in [2.45, 2.75) is 19.8 Å². The standard InChI is InChI=1S/C18H15N5O8/c1-2-3-4-19-18(24)13-7-9(21(26)27)5-11-15(13)16-12(17(11)20-25)6-10(22(28)29)8-14(16)23(30)31/h5-8,25H,2-4H2,1H3,(H,19,24). The summed E-state index contributed by atoms with van der Waals surface area (Å²) in [6, 6.07) is 3.66. The first-order valence-electron chi connectivity index (χ1n) is 9.01. The molecule has 0 aliphatic heterocycles. The molecule has 0 heterocycles. The van der Waals surface area contributed by atoms with Crippen LogP contribution < -0.4 is 5.32 Å². The molecule has 0 atom stereocenters. The van der Waals surface area contributed by atoms with Crippen LogP contribution in [0.5, 0.6) is 0 Å². The number of hydrogen-bond donors (Lipinski definition) is 2. The van der Waals surface area contributed by atoms with Crippen molar-refractivity contribution in [2.75, 3.05) is 6.54 Å². The highest BCUT2D eigenvalue weighted by Crippen LogP contribution is 2.47. The average molecular weight is 429 g/mol. The summed E-state index contributed by atoms with van der Waals surface area (Å²) in [4.78, 5) is 44.6. The van der Waals surface area contributed by atoms with Crippen LogP contribution in [0, 0.1) is 30.3 Å². The number of carbonyl (C=O) groups excluding carboxylic acids is 1. The summed E-state index contributed by atoms with van der Waals surface area (Å²) < 4.78 is 0. The van der Waals surface area contributed by atoms with Crippen molar-refractivity contribution < 1.29 is 24.8 Å². The van der Waals surface area contributed by atoms with Crippen molar-refractivity contribution in [1.29, 1.82) is 0 Å². The number of nitro benzene ring substituents is 3. The van der Waals surface area contributed by atoms with E-state index in [4.69, 9.17) is 0 Å². The van der Waals surface area contributed by atoms with E-state index in [1.165, 1.54) is 0 Å². The molecule has 0 aromatic heterocycles. The Labute approximate surface area is 173 Å². The van der Waals surface area contributed by atoms with Crippen LogP contribution in [0.25, 0.3) is 11.1 Å². The molecule has 0 saturated carbocycles. The van der Waals surface area contributed by atoms with Gasteiger partial charge in [0.05, 0.1) is 32.0 Å². The van der Waals surface area contributed by atoms with Crippen LogP contribution >= 0.6 is 0 Å². The molecule has 0 spiro atoms. The van der Waals surface area contributed by atoms with E-state index in [1.54, 1.807) is 0 Å². The first-order chi connectivity index (χ1) is 14.7. The van der Waals surface area contributed by atoms with Gasteiger partial charge in [-0.1, -0.05) is 18.5 Å². The number of non-ortho nitro benzene ring substituents is 2. The summed E-state index contributed by atoms with van der Waals surface area (Å²) >= 11 is 0. The summed E-state index contributed by atoms with van der Waals surface area (Å²) in [5.41, 5.74) is -2.97. The number of hydrogen-bond acceptors (Lipinski definition) is 9. The molecule has 0 fully saturated rings. The first kappa shape index (κ1) is 21.3. The first-order valence-corrected chi connectivity index (χ1v) is 9.01. The molecule has 0 unspecified atom stereocenters. The van der Waals surface area contributed by atoms with Crippen molar-refractivity contribution in [1.82, 2.24) is 5.32 Å². The van der Waals surface area contributed by atoms with E-state index in [2.05, 4.69) is 10.5 Å². The highest BCUT2D eigenvalue weighted by Gasteiger charge is 2.39. The number of nitro groups is 3. The number of oxime groups is 1. The quantitative estimate of drug-likeness (QED) is 0.247. The van der Waals surface area contributed by atoms with Crippen molar-refractivity contribution in [2.24, 2.45) is 5.16 Å². The van der Waals surface area contributed by atoms with Crippen LogP contribution in [0.3, 0.4) is 0 Å². The average Bonchev–Trinajstić information content (AvgIpc) is 3.05. The molecule has 13 nitrogen and oxygen atoms in total. The van der Waals surface area contributed by atoms with Gasteiger partial charge in [-0.05, 0) is 6.42 Å². The van der Waals surface area contributed by atoms with E-state index in [0.29, 0.717) is 6.42 Å². The van der Waals surface area contributed by atoms with Crippen molar-refractivity contribution in [3.8, 4) is 11.1 Å². The maximum Gasteiger partial charge on any atom is 0.284 e. The molecule has 1 amide bonds. The maximum atomic E-state index is 12.8. The van der Waals surface area contributed by atoms with E-state index in [9.17, 15) is 40.3 Å². The molecule has 2 aromatic rings. The second-order valence-electron chi connectivity index (χ2n) is 6.63. The van der Waals surface area contributed by atoms with Gasteiger partial charge in [-0.15, -0.1) is 0 Å². The van der Waals surface area contributed by atoms with Gasteiger partial charge in [0, 0.05) is 41.4 Å². The molecule has 0 bridgehead atoms. The number of amides is 1. The Balaban J connectivity index is 2.38. The zero-order valence-corrected chi connectivity index (χ0v) is 16.0. The minimum Gasteiger partial charge on any atom is -0.410 e. The molecule has 1 aliphatic carbocycles. The number of benzene rings is 2. The van der Waals surface area contributed by atoms with E-state index in [1.807, 2.05) is 6.92 Å². The zero-order valence-electron chi connectivity index (χ0n) is 16.0. The van der Waals surface area contributed by atoms with Gasteiger partial charge in [0.2, 0.25) is 0 Å². The van der Waals surface area contributed by atoms with Gasteiger partial charge in [0.1, 0.15) is 5.71 Å². The van der Waals surface area contributed by atoms with E-state index >= 15 is 0 Å². The van der Waals surface area contributed by atoms with Gasteiger partial charge in [0.25, 0.3) is 23.0 Å². The van der Waals surface area contributed by atoms with Crippen LogP contribution in [0.4, 0.5) is 17.1 Å². The van der Waals surface area contributed by atoms with Crippen LogP contribution in [0.15, 0.2) is 29.4 Å². The predicted molar refractivity (Wildman–Crippen MR) is 107 cm³/mol. The monoisotopic (exact) mass is 429 g/mol. The molecule has 2 aromatic carbocycles. The topological polar surface area (TPSA) is 191 Å². The lowest BCUT2D eigenvalue weighted by atomic mass is 9.96. The molecule has 160 valence electrons. The SMILES string of the molecule is CCCCNC(=O)c1cc([N+](=O)[O-])cc2c1-c1c(cc([N+](=O)[O-])cc1[N+](=O)[O-])C2=NO. The number of carbonyl (C=O) groups is 1. The Morgan fingerprint density at radius 3 is 2.06 bits per heavy atom. The molecule has 1 aliphatic rings. The maximum absolute atomic E-state index is 12.8. The van der Waals surface area contributed by atoms with Gasteiger partial charge < -0.3 is 10.5 Å². The highest BCUT2D eigenvalue weighted by atomic mass is 16.6. The van der Waals surface area contributed by atoms with Gasteiger partial charge in [-0.25, -0.2) is 0 Å². The Kier molecular flexibility index (Phi) is 5.59.